The Labute approximate surface area is 127 Å². The molecule has 21 heavy (non-hydrogen) atoms. The number of hydrogen-bond acceptors (Lipinski definition) is 4. The van der Waals surface area contributed by atoms with Crippen LogP contribution in [-0.2, 0) is 16.0 Å². The monoisotopic (exact) mass is 291 g/mol. The number of benzene rings is 1. The lowest BCUT2D eigenvalue weighted by atomic mass is 9.84. The maximum Gasteiger partial charge on any atom is 0.118 e. The van der Waals surface area contributed by atoms with Crippen molar-refractivity contribution in [2.24, 2.45) is 0 Å². The van der Waals surface area contributed by atoms with Crippen LogP contribution in [0.1, 0.15) is 25.3 Å². The van der Waals surface area contributed by atoms with Crippen LogP contribution in [0.25, 0.3) is 0 Å². The van der Waals surface area contributed by atoms with Crippen LogP contribution >= 0.6 is 0 Å². The van der Waals surface area contributed by atoms with Crippen LogP contribution in [-0.4, -0.2) is 50.0 Å². The smallest absolute Gasteiger partial charge is 0.118 e. The molecule has 0 saturated carbocycles. The second-order valence-electron chi connectivity index (χ2n) is 6.09. The minimum atomic E-state index is 0.0462. The molecule has 1 spiro atoms. The Balaban J connectivity index is 1.50. The van der Waals surface area contributed by atoms with Gasteiger partial charge < -0.3 is 14.2 Å². The van der Waals surface area contributed by atoms with Gasteiger partial charge in [0.15, 0.2) is 0 Å². The zero-order chi connectivity index (χ0) is 14.7. The van der Waals surface area contributed by atoms with Gasteiger partial charge in [0.25, 0.3) is 0 Å². The van der Waals surface area contributed by atoms with Gasteiger partial charge in [0.1, 0.15) is 5.75 Å². The van der Waals surface area contributed by atoms with Gasteiger partial charge >= 0.3 is 0 Å². The topological polar surface area (TPSA) is 30.9 Å². The van der Waals surface area contributed by atoms with E-state index < -0.39 is 0 Å². The molecule has 0 amide bonds. The Morgan fingerprint density at radius 2 is 2.05 bits per heavy atom. The largest absolute Gasteiger partial charge is 0.497 e. The molecule has 1 atom stereocenters. The quantitative estimate of drug-likeness (QED) is 0.834. The number of likely N-dealkylation sites (tertiary alicyclic amines) is 1. The Morgan fingerprint density at radius 1 is 1.29 bits per heavy atom. The summed E-state index contributed by atoms with van der Waals surface area (Å²) in [6.07, 6.45) is 2.46. The summed E-state index contributed by atoms with van der Waals surface area (Å²) in [5.41, 5.74) is 1.37. The maximum absolute atomic E-state index is 6.04. The zero-order valence-corrected chi connectivity index (χ0v) is 13.0. The van der Waals surface area contributed by atoms with E-state index in [0.717, 1.165) is 51.4 Å². The van der Waals surface area contributed by atoms with Crippen LogP contribution < -0.4 is 4.74 Å². The van der Waals surface area contributed by atoms with E-state index >= 15 is 0 Å². The molecular weight excluding hydrogens is 266 g/mol. The van der Waals surface area contributed by atoms with Crippen molar-refractivity contribution in [2.45, 2.75) is 38.0 Å². The lowest BCUT2D eigenvalue weighted by molar-refractivity contribution is -0.198. The van der Waals surface area contributed by atoms with Crippen molar-refractivity contribution in [3.8, 4) is 5.75 Å². The zero-order valence-electron chi connectivity index (χ0n) is 13.0. The van der Waals surface area contributed by atoms with Crippen LogP contribution in [0.5, 0.6) is 5.75 Å². The summed E-state index contributed by atoms with van der Waals surface area (Å²) >= 11 is 0. The number of nitrogens with zero attached hydrogens (tertiary/aromatic N) is 1. The predicted molar refractivity (Wildman–Crippen MR) is 81.6 cm³/mol. The fraction of sp³-hybridized carbons (Fsp3) is 0.647. The molecule has 2 heterocycles. The first-order chi connectivity index (χ1) is 10.2. The normalized spacial score (nSPS) is 24.8. The number of methoxy groups -OCH3 is 1. The molecule has 2 saturated heterocycles. The van der Waals surface area contributed by atoms with E-state index in [1.807, 2.05) is 12.1 Å². The molecule has 0 N–H and O–H groups in total. The highest BCUT2D eigenvalue weighted by Crippen LogP contribution is 2.36. The summed E-state index contributed by atoms with van der Waals surface area (Å²) in [5, 5.41) is 0. The molecule has 0 aromatic heterocycles. The van der Waals surface area contributed by atoms with E-state index in [2.05, 4.69) is 24.0 Å². The summed E-state index contributed by atoms with van der Waals surface area (Å²) in [7, 11) is 1.70. The van der Waals surface area contributed by atoms with E-state index in [1.165, 1.54) is 5.56 Å². The third kappa shape index (κ3) is 3.39. The molecule has 1 aromatic rings. The first kappa shape index (κ1) is 14.8. The minimum absolute atomic E-state index is 0.0462. The van der Waals surface area contributed by atoms with Gasteiger partial charge in [0.05, 0.1) is 18.8 Å². The Kier molecular flexibility index (Phi) is 4.48. The molecule has 3 rings (SSSR count). The molecule has 4 heteroatoms. The average Bonchev–Trinajstić information content (AvgIpc) is 2.47. The molecule has 0 unspecified atom stereocenters. The van der Waals surface area contributed by atoms with Crippen molar-refractivity contribution in [3.63, 3.8) is 0 Å². The Morgan fingerprint density at radius 3 is 2.71 bits per heavy atom. The molecule has 116 valence electrons. The van der Waals surface area contributed by atoms with Crippen molar-refractivity contribution >= 4 is 0 Å². The van der Waals surface area contributed by atoms with E-state index in [-0.39, 0.29) is 5.60 Å². The highest BCUT2D eigenvalue weighted by molar-refractivity contribution is 5.27. The van der Waals surface area contributed by atoms with Crippen LogP contribution in [0.15, 0.2) is 24.3 Å². The first-order valence-corrected chi connectivity index (χ1v) is 7.84. The van der Waals surface area contributed by atoms with Crippen molar-refractivity contribution in [3.05, 3.63) is 29.8 Å². The second kappa shape index (κ2) is 6.34. The van der Waals surface area contributed by atoms with Gasteiger partial charge in [0, 0.05) is 39.3 Å². The number of rotatable bonds is 5. The lowest BCUT2D eigenvalue weighted by Gasteiger charge is -2.53. The van der Waals surface area contributed by atoms with Gasteiger partial charge in [-0.1, -0.05) is 12.1 Å². The molecule has 0 aliphatic carbocycles. The summed E-state index contributed by atoms with van der Waals surface area (Å²) in [5.74, 6) is 0.911. The lowest BCUT2D eigenvalue weighted by Crippen LogP contribution is -2.65. The summed E-state index contributed by atoms with van der Waals surface area (Å²) in [6, 6.07) is 8.31. The summed E-state index contributed by atoms with van der Waals surface area (Å²) in [4.78, 5) is 2.44. The molecule has 0 bridgehead atoms. The Bertz CT molecular complexity index is 452. The SMILES string of the molecule is CCO[C@H]1CCOC2(C1)CN(Cc1ccc(OC)cc1)C2. The van der Waals surface area contributed by atoms with E-state index in [1.54, 1.807) is 7.11 Å². The third-order valence-electron chi connectivity index (χ3n) is 4.44. The number of hydrogen-bond donors (Lipinski definition) is 0. The molecular formula is C17H25NO3. The molecule has 1 aromatic carbocycles. The minimum Gasteiger partial charge on any atom is -0.497 e. The van der Waals surface area contributed by atoms with Gasteiger partial charge in [-0.05, 0) is 31.0 Å². The number of ether oxygens (including phenoxy) is 3. The fourth-order valence-electron chi connectivity index (χ4n) is 3.45. The van der Waals surface area contributed by atoms with Crippen LogP contribution in [0.4, 0.5) is 0 Å². The molecule has 4 nitrogen and oxygen atoms in total. The van der Waals surface area contributed by atoms with Crippen LogP contribution in [0.2, 0.25) is 0 Å². The standard InChI is InChI=1S/C17H25NO3/c1-3-20-16-8-9-21-17(10-16)12-18(13-17)11-14-4-6-15(19-2)7-5-14/h4-7,16H,3,8-13H2,1-2H3/t16-/m0/s1. The second-order valence-corrected chi connectivity index (χ2v) is 6.09. The molecule has 2 aliphatic rings. The van der Waals surface area contributed by atoms with Gasteiger partial charge in [0.2, 0.25) is 0 Å². The van der Waals surface area contributed by atoms with E-state index in [9.17, 15) is 0 Å². The van der Waals surface area contributed by atoms with Crippen molar-refractivity contribution in [2.75, 3.05) is 33.4 Å². The molecule has 2 fully saturated rings. The van der Waals surface area contributed by atoms with Gasteiger partial charge in [-0.3, -0.25) is 4.90 Å². The van der Waals surface area contributed by atoms with E-state index in [4.69, 9.17) is 14.2 Å². The Hall–Kier alpha value is -1.10. The van der Waals surface area contributed by atoms with Crippen LogP contribution in [0, 0.1) is 0 Å². The molecule has 0 radical (unpaired) electrons. The highest BCUT2D eigenvalue weighted by Gasteiger charge is 2.47. The fourth-order valence-corrected chi connectivity index (χ4v) is 3.45. The maximum atomic E-state index is 6.04. The average molecular weight is 291 g/mol. The van der Waals surface area contributed by atoms with Gasteiger partial charge in [-0.25, -0.2) is 0 Å². The van der Waals surface area contributed by atoms with Gasteiger partial charge in [-0.2, -0.15) is 0 Å². The van der Waals surface area contributed by atoms with Crippen molar-refractivity contribution in [1.29, 1.82) is 0 Å². The summed E-state index contributed by atoms with van der Waals surface area (Å²) in [6.45, 7) is 6.72. The van der Waals surface area contributed by atoms with E-state index in [0.29, 0.717) is 6.10 Å². The van der Waals surface area contributed by atoms with Crippen LogP contribution in [0.3, 0.4) is 0 Å². The highest BCUT2D eigenvalue weighted by atomic mass is 16.5. The third-order valence-corrected chi connectivity index (χ3v) is 4.44. The predicted octanol–water partition coefficient (Wildman–Crippen LogP) is 2.47. The van der Waals surface area contributed by atoms with Crippen molar-refractivity contribution in [1.82, 2.24) is 4.90 Å². The molecule has 2 aliphatic heterocycles. The van der Waals surface area contributed by atoms with Gasteiger partial charge in [-0.15, -0.1) is 0 Å². The summed E-state index contributed by atoms with van der Waals surface area (Å²) < 4.78 is 17.0. The first-order valence-electron chi connectivity index (χ1n) is 7.84. The van der Waals surface area contributed by atoms with Crippen molar-refractivity contribution < 1.29 is 14.2 Å².